The quantitative estimate of drug-likeness (QED) is 0.330. The number of hydrogen-bond acceptors (Lipinski definition) is 5. The summed E-state index contributed by atoms with van der Waals surface area (Å²) < 4.78 is 31.5. The SMILES string of the molecule is CCCCNC(=O)[C@H](CC)N(CCc1ccccc1)C(=O)CCCN(c1cccc(OC)c1)S(C)(=O)=O. The Kier molecular flexibility index (Phi) is 12.4. The van der Waals surface area contributed by atoms with Gasteiger partial charge in [-0.15, -0.1) is 0 Å². The molecule has 204 valence electrons. The Bertz CT molecular complexity index is 1090. The molecule has 0 fully saturated rings. The van der Waals surface area contributed by atoms with Crippen LogP contribution in [0.4, 0.5) is 5.69 Å². The van der Waals surface area contributed by atoms with Crippen molar-refractivity contribution in [2.24, 2.45) is 0 Å². The number of ether oxygens (including phenoxy) is 1. The second-order valence-corrected chi connectivity index (χ2v) is 10.9. The monoisotopic (exact) mass is 531 g/mol. The second kappa shape index (κ2) is 15.2. The lowest BCUT2D eigenvalue weighted by molar-refractivity contribution is -0.140. The largest absolute Gasteiger partial charge is 0.497 e. The van der Waals surface area contributed by atoms with Crippen LogP contribution in [-0.2, 0) is 26.0 Å². The van der Waals surface area contributed by atoms with Crippen LogP contribution in [0.2, 0.25) is 0 Å². The number of carbonyl (C=O) groups excluding carboxylic acids is 2. The first-order chi connectivity index (χ1) is 17.7. The van der Waals surface area contributed by atoms with Crippen LogP contribution in [0.25, 0.3) is 0 Å². The van der Waals surface area contributed by atoms with Crippen molar-refractivity contribution in [3.63, 3.8) is 0 Å². The minimum Gasteiger partial charge on any atom is -0.497 e. The van der Waals surface area contributed by atoms with Gasteiger partial charge in [-0.3, -0.25) is 13.9 Å². The molecule has 0 saturated heterocycles. The number of unbranched alkanes of at least 4 members (excludes halogenated alkanes) is 1. The van der Waals surface area contributed by atoms with Crippen LogP contribution in [-0.4, -0.2) is 64.2 Å². The molecule has 1 N–H and O–H groups in total. The fourth-order valence-corrected chi connectivity index (χ4v) is 5.13. The van der Waals surface area contributed by atoms with Gasteiger partial charge < -0.3 is 15.0 Å². The van der Waals surface area contributed by atoms with Crippen LogP contribution >= 0.6 is 0 Å². The number of carbonyl (C=O) groups is 2. The molecule has 2 amide bonds. The van der Waals surface area contributed by atoms with Gasteiger partial charge in [0.1, 0.15) is 11.8 Å². The molecule has 2 aromatic rings. The molecule has 1 atom stereocenters. The Morgan fingerprint density at radius 2 is 1.73 bits per heavy atom. The van der Waals surface area contributed by atoms with Crippen molar-refractivity contribution in [3.05, 3.63) is 60.2 Å². The van der Waals surface area contributed by atoms with E-state index in [-0.39, 0.29) is 24.8 Å². The van der Waals surface area contributed by atoms with Crippen LogP contribution in [0.3, 0.4) is 0 Å². The van der Waals surface area contributed by atoms with Crippen molar-refractivity contribution in [2.45, 2.75) is 58.4 Å². The summed E-state index contributed by atoms with van der Waals surface area (Å²) in [6, 6.07) is 16.1. The predicted molar refractivity (Wildman–Crippen MR) is 148 cm³/mol. The van der Waals surface area contributed by atoms with Crippen molar-refractivity contribution in [3.8, 4) is 5.75 Å². The maximum Gasteiger partial charge on any atom is 0.242 e. The molecule has 8 nitrogen and oxygen atoms in total. The van der Waals surface area contributed by atoms with E-state index in [4.69, 9.17) is 4.74 Å². The van der Waals surface area contributed by atoms with E-state index >= 15 is 0 Å². The molecule has 0 spiro atoms. The molecular formula is C28H41N3O5S. The Hall–Kier alpha value is -3.07. The first-order valence-electron chi connectivity index (χ1n) is 12.9. The van der Waals surface area contributed by atoms with Gasteiger partial charge in [0.2, 0.25) is 21.8 Å². The number of nitrogens with zero attached hydrogens (tertiary/aromatic N) is 2. The third-order valence-corrected chi connectivity index (χ3v) is 7.39. The fourth-order valence-electron chi connectivity index (χ4n) is 4.17. The molecule has 9 heteroatoms. The Morgan fingerprint density at radius 3 is 2.35 bits per heavy atom. The molecule has 2 rings (SSSR count). The molecule has 0 heterocycles. The van der Waals surface area contributed by atoms with Crippen LogP contribution < -0.4 is 14.4 Å². The van der Waals surface area contributed by atoms with Crippen LogP contribution in [0.1, 0.15) is 51.5 Å². The summed E-state index contributed by atoms with van der Waals surface area (Å²) in [5, 5.41) is 2.96. The van der Waals surface area contributed by atoms with E-state index in [0.717, 1.165) is 24.7 Å². The maximum atomic E-state index is 13.4. The van der Waals surface area contributed by atoms with E-state index in [1.165, 1.54) is 11.4 Å². The number of hydrogen-bond donors (Lipinski definition) is 1. The zero-order valence-electron chi connectivity index (χ0n) is 22.5. The van der Waals surface area contributed by atoms with Crippen LogP contribution in [0.15, 0.2) is 54.6 Å². The van der Waals surface area contributed by atoms with Crippen molar-refractivity contribution in [1.29, 1.82) is 0 Å². The summed E-state index contributed by atoms with van der Waals surface area (Å²) in [6.07, 6.45) is 4.57. The number of anilines is 1. The minimum atomic E-state index is -3.57. The molecule has 0 aliphatic carbocycles. The smallest absolute Gasteiger partial charge is 0.242 e. The van der Waals surface area contributed by atoms with Crippen LogP contribution in [0, 0.1) is 0 Å². The number of rotatable bonds is 16. The topological polar surface area (TPSA) is 96.0 Å². The number of sulfonamides is 1. The predicted octanol–water partition coefficient (Wildman–Crippen LogP) is 4.01. The Labute approximate surface area is 222 Å². The zero-order chi connectivity index (χ0) is 27.3. The maximum absolute atomic E-state index is 13.4. The van der Waals surface area contributed by atoms with E-state index in [0.29, 0.717) is 43.8 Å². The third-order valence-electron chi connectivity index (χ3n) is 6.19. The summed E-state index contributed by atoms with van der Waals surface area (Å²) >= 11 is 0. The van der Waals surface area contributed by atoms with Gasteiger partial charge in [0, 0.05) is 32.1 Å². The molecule has 0 aliphatic rings. The molecule has 0 aromatic heterocycles. The van der Waals surface area contributed by atoms with Crippen molar-refractivity contribution < 1.29 is 22.7 Å². The summed E-state index contributed by atoms with van der Waals surface area (Å²) in [7, 11) is -2.04. The molecule has 0 saturated carbocycles. The highest BCUT2D eigenvalue weighted by Gasteiger charge is 2.28. The van der Waals surface area contributed by atoms with Crippen molar-refractivity contribution in [2.75, 3.05) is 37.3 Å². The van der Waals surface area contributed by atoms with Crippen molar-refractivity contribution in [1.82, 2.24) is 10.2 Å². The molecule has 37 heavy (non-hydrogen) atoms. The zero-order valence-corrected chi connectivity index (χ0v) is 23.3. The average Bonchev–Trinajstić information content (AvgIpc) is 2.88. The van der Waals surface area contributed by atoms with Gasteiger partial charge in [-0.2, -0.15) is 0 Å². The van der Waals surface area contributed by atoms with Gasteiger partial charge in [0.15, 0.2) is 0 Å². The molecular weight excluding hydrogens is 490 g/mol. The normalized spacial score (nSPS) is 12.0. The van der Waals surface area contributed by atoms with E-state index in [2.05, 4.69) is 12.2 Å². The highest BCUT2D eigenvalue weighted by molar-refractivity contribution is 7.92. The Balaban J connectivity index is 2.14. The average molecular weight is 532 g/mol. The molecule has 2 aromatic carbocycles. The second-order valence-electron chi connectivity index (χ2n) is 9.03. The lowest BCUT2D eigenvalue weighted by Crippen LogP contribution is -2.50. The number of benzene rings is 2. The lowest BCUT2D eigenvalue weighted by atomic mass is 10.1. The van der Waals surface area contributed by atoms with Gasteiger partial charge in [0.25, 0.3) is 0 Å². The first kappa shape index (κ1) is 30.2. The molecule has 0 aliphatic heterocycles. The summed E-state index contributed by atoms with van der Waals surface area (Å²) in [6.45, 7) is 5.10. The number of methoxy groups -OCH3 is 1. The Morgan fingerprint density at radius 1 is 1.00 bits per heavy atom. The van der Waals surface area contributed by atoms with E-state index in [1.54, 1.807) is 29.2 Å². The lowest BCUT2D eigenvalue weighted by Gasteiger charge is -2.31. The summed E-state index contributed by atoms with van der Waals surface area (Å²) in [5.41, 5.74) is 1.57. The third kappa shape index (κ3) is 9.72. The van der Waals surface area contributed by atoms with Gasteiger partial charge in [-0.25, -0.2) is 8.42 Å². The summed E-state index contributed by atoms with van der Waals surface area (Å²) in [5.74, 6) is 0.244. The van der Waals surface area contributed by atoms with E-state index in [9.17, 15) is 18.0 Å². The number of amides is 2. The van der Waals surface area contributed by atoms with Gasteiger partial charge in [-0.05, 0) is 43.4 Å². The van der Waals surface area contributed by atoms with Gasteiger partial charge in [0.05, 0.1) is 19.1 Å². The van der Waals surface area contributed by atoms with E-state index in [1.807, 2.05) is 37.3 Å². The number of nitrogens with one attached hydrogen (secondary N) is 1. The standard InChI is InChI=1S/C28H41N3O5S/c1-5-7-19-29-28(33)26(6-2)30(21-18-23-13-9-8-10-14-23)27(32)17-12-20-31(37(4,34)35)24-15-11-16-25(22-24)36-3/h8-11,13-16,22,26H,5-7,12,17-21H2,1-4H3,(H,29,33)/t26-/m0/s1. The molecule has 0 radical (unpaired) electrons. The highest BCUT2D eigenvalue weighted by Crippen LogP contribution is 2.23. The minimum absolute atomic E-state index is 0.128. The highest BCUT2D eigenvalue weighted by atomic mass is 32.2. The fraction of sp³-hybridized carbons (Fsp3) is 0.500. The first-order valence-corrected chi connectivity index (χ1v) is 14.8. The summed E-state index contributed by atoms with van der Waals surface area (Å²) in [4.78, 5) is 28.0. The van der Waals surface area contributed by atoms with Crippen molar-refractivity contribution >= 4 is 27.5 Å². The van der Waals surface area contributed by atoms with Gasteiger partial charge >= 0.3 is 0 Å². The molecule has 0 bridgehead atoms. The van der Waals surface area contributed by atoms with Crippen LogP contribution in [0.5, 0.6) is 5.75 Å². The van der Waals surface area contributed by atoms with E-state index < -0.39 is 16.1 Å². The van der Waals surface area contributed by atoms with Gasteiger partial charge in [-0.1, -0.05) is 56.7 Å². The molecule has 0 unspecified atom stereocenters.